The molecule has 2 nitrogen and oxygen atoms in total. The molecule has 3 heteroatoms. The van der Waals surface area contributed by atoms with Crippen LogP contribution in [-0.2, 0) is 0 Å². The zero-order chi connectivity index (χ0) is 11.7. The molecule has 2 aliphatic rings. The Kier molecular flexibility index (Phi) is 3.50. The molecule has 1 aromatic rings. The van der Waals surface area contributed by atoms with Crippen LogP contribution in [0.4, 0.5) is 0 Å². The van der Waals surface area contributed by atoms with E-state index in [0.29, 0.717) is 6.04 Å². The maximum Gasteiger partial charge on any atom is 0.0447 e. The Bertz CT molecular complexity index is 364. The molecule has 0 amide bonds. The van der Waals surface area contributed by atoms with Gasteiger partial charge in [0.2, 0.25) is 0 Å². The minimum absolute atomic E-state index is 0.699. The zero-order valence-corrected chi connectivity index (χ0v) is 11.4. The molecule has 1 N–H and O–H groups in total. The van der Waals surface area contributed by atoms with Crippen molar-refractivity contribution >= 4 is 11.3 Å². The van der Waals surface area contributed by atoms with Gasteiger partial charge < -0.3 is 5.32 Å². The van der Waals surface area contributed by atoms with Gasteiger partial charge >= 0.3 is 0 Å². The zero-order valence-electron chi connectivity index (χ0n) is 10.6. The number of nitrogens with one attached hydrogen (secondary N) is 1. The number of hydrogen-bond donors (Lipinski definition) is 1. The Balaban J connectivity index is 1.77. The van der Waals surface area contributed by atoms with Gasteiger partial charge in [-0.05, 0) is 36.3 Å². The summed E-state index contributed by atoms with van der Waals surface area (Å²) in [7, 11) is 0. The smallest absolute Gasteiger partial charge is 0.0447 e. The molecule has 1 aliphatic heterocycles. The number of rotatable bonds is 4. The molecule has 3 rings (SSSR count). The molecule has 94 valence electrons. The molecular weight excluding hydrogens is 228 g/mol. The van der Waals surface area contributed by atoms with Crippen molar-refractivity contribution in [1.82, 2.24) is 10.2 Å². The van der Waals surface area contributed by atoms with E-state index < -0.39 is 0 Å². The second-order valence-corrected chi connectivity index (χ2v) is 6.40. The van der Waals surface area contributed by atoms with Gasteiger partial charge in [0, 0.05) is 37.1 Å². The molecule has 2 heterocycles. The van der Waals surface area contributed by atoms with Crippen LogP contribution in [0.3, 0.4) is 0 Å². The van der Waals surface area contributed by atoms with Crippen molar-refractivity contribution in [2.45, 2.75) is 32.2 Å². The van der Waals surface area contributed by atoms with E-state index in [2.05, 4.69) is 28.6 Å². The third kappa shape index (κ3) is 2.72. The second-order valence-electron chi connectivity index (χ2n) is 5.45. The van der Waals surface area contributed by atoms with Crippen molar-refractivity contribution in [3.63, 3.8) is 0 Å². The van der Waals surface area contributed by atoms with E-state index in [1.54, 1.807) is 4.88 Å². The van der Waals surface area contributed by atoms with Crippen molar-refractivity contribution in [3.8, 4) is 0 Å². The van der Waals surface area contributed by atoms with Gasteiger partial charge in [-0.15, -0.1) is 11.3 Å². The van der Waals surface area contributed by atoms with E-state index >= 15 is 0 Å². The van der Waals surface area contributed by atoms with Crippen LogP contribution in [0.1, 0.15) is 35.7 Å². The number of hydrogen-bond acceptors (Lipinski definition) is 3. The summed E-state index contributed by atoms with van der Waals surface area (Å²) >= 11 is 1.96. The largest absolute Gasteiger partial charge is 0.314 e. The molecule has 0 unspecified atom stereocenters. The summed E-state index contributed by atoms with van der Waals surface area (Å²) in [5.41, 5.74) is 1.50. The van der Waals surface area contributed by atoms with Gasteiger partial charge in [0.25, 0.3) is 0 Å². The predicted molar refractivity (Wildman–Crippen MR) is 73.6 cm³/mol. The number of nitrogens with zero attached hydrogens (tertiary/aromatic N) is 1. The highest BCUT2D eigenvalue weighted by atomic mass is 32.1. The van der Waals surface area contributed by atoms with E-state index in [9.17, 15) is 0 Å². The molecule has 17 heavy (non-hydrogen) atoms. The lowest BCUT2D eigenvalue weighted by Crippen LogP contribution is -2.45. The standard InChI is InChI=1S/C14H22N2S/c1-11-4-9-17-14(11)13(10-12-2-3-12)16-7-5-15-6-8-16/h4,9,12-13,15H,2-3,5-8,10H2,1H3/t13-/m1/s1. The summed E-state index contributed by atoms with van der Waals surface area (Å²) in [5, 5.41) is 5.72. The average Bonchev–Trinajstić information content (AvgIpc) is 3.09. The van der Waals surface area contributed by atoms with Crippen molar-refractivity contribution in [2.24, 2.45) is 5.92 Å². The molecular formula is C14H22N2S. The van der Waals surface area contributed by atoms with Crippen molar-refractivity contribution in [3.05, 3.63) is 21.9 Å². The topological polar surface area (TPSA) is 15.3 Å². The molecule has 1 atom stereocenters. The molecule has 1 aromatic heterocycles. The Morgan fingerprint density at radius 2 is 2.18 bits per heavy atom. The third-order valence-corrected chi connectivity index (χ3v) is 5.17. The van der Waals surface area contributed by atoms with Crippen LogP contribution in [0, 0.1) is 12.8 Å². The van der Waals surface area contributed by atoms with Gasteiger partial charge in [0.05, 0.1) is 0 Å². The molecule has 0 spiro atoms. The summed E-state index contributed by atoms with van der Waals surface area (Å²) in [6.07, 6.45) is 4.32. The summed E-state index contributed by atoms with van der Waals surface area (Å²) in [4.78, 5) is 4.33. The molecule has 1 saturated carbocycles. The van der Waals surface area contributed by atoms with Crippen LogP contribution >= 0.6 is 11.3 Å². The first-order valence-electron chi connectivity index (χ1n) is 6.83. The Labute approximate surface area is 108 Å². The monoisotopic (exact) mass is 250 g/mol. The molecule has 1 saturated heterocycles. The lowest BCUT2D eigenvalue weighted by atomic mass is 10.0. The molecule has 2 fully saturated rings. The fourth-order valence-corrected chi connectivity index (χ4v) is 3.89. The van der Waals surface area contributed by atoms with Gasteiger partial charge in [0.15, 0.2) is 0 Å². The Morgan fingerprint density at radius 3 is 2.76 bits per heavy atom. The summed E-state index contributed by atoms with van der Waals surface area (Å²) in [6.45, 7) is 7.02. The van der Waals surface area contributed by atoms with E-state index in [1.807, 2.05) is 11.3 Å². The summed E-state index contributed by atoms with van der Waals surface area (Å²) in [6, 6.07) is 2.98. The minimum Gasteiger partial charge on any atom is -0.314 e. The van der Waals surface area contributed by atoms with Crippen LogP contribution in [0.25, 0.3) is 0 Å². The van der Waals surface area contributed by atoms with Crippen LogP contribution in [0.2, 0.25) is 0 Å². The maximum absolute atomic E-state index is 3.46. The highest BCUT2D eigenvalue weighted by Gasteiger charge is 2.31. The van der Waals surface area contributed by atoms with Gasteiger partial charge in [0.1, 0.15) is 0 Å². The van der Waals surface area contributed by atoms with Crippen LogP contribution in [-0.4, -0.2) is 31.1 Å². The van der Waals surface area contributed by atoms with Crippen molar-refractivity contribution < 1.29 is 0 Å². The van der Waals surface area contributed by atoms with Gasteiger partial charge in [-0.2, -0.15) is 0 Å². The van der Waals surface area contributed by atoms with Gasteiger partial charge in [-0.25, -0.2) is 0 Å². The summed E-state index contributed by atoms with van der Waals surface area (Å²) < 4.78 is 0. The Hall–Kier alpha value is -0.380. The van der Waals surface area contributed by atoms with E-state index in [1.165, 1.54) is 37.9 Å². The predicted octanol–water partition coefficient (Wildman–Crippen LogP) is 2.80. The van der Waals surface area contributed by atoms with E-state index in [0.717, 1.165) is 19.0 Å². The number of aryl methyl sites for hydroxylation is 1. The van der Waals surface area contributed by atoms with Crippen LogP contribution < -0.4 is 5.32 Å². The second kappa shape index (κ2) is 5.09. The van der Waals surface area contributed by atoms with Crippen molar-refractivity contribution in [2.75, 3.05) is 26.2 Å². The van der Waals surface area contributed by atoms with Crippen molar-refractivity contribution in [1.29, 1.82) is 0 Å². The highest BCUT2D eigenvalue weighted by Crippen LogP contribution is 2.42. The fraction of sp³-hybridized carbons (Fsp3) is 0.714. The first kappa shape index (κ1) is 11.7. The van der Waals surface area contributed by atoms with Crippen LogP contribution in [0.5, 0.6) is 0 Å². The lowest BCUT2D eigenvalue weighted by Gasteiger charge is -2.35. The highest BCUT2D eigenvalue weighted by molar-refractivity contribution is 7.10. The SMILES string of the molecule is Cc1ccsc1[C@@H](CC1CC1)N1CCNCC1. The average molecular weight is 250 g/mol. The van der Waals surface area contributed by atoms with Gasteiger partial charge in [-0.1, -0.05) is 12.8 Å². The molecule has 1 aliphatic carbocycles. The minimum atomic E-state index is 0.699. The van der Waals surface area contributed by atoms with E-state index in [4.69, 9.17) is 0 Å². The number of thiophene rings is 1. The first-order valence-corrected chi connectivity index (χ1v) is 7.71. The Morgan fingerprint density at radius 1 is 1.41 bits per heavy atom. The number of piperazine rings is 1. The van der Waals surface area contributed by atoms with Crippen LogP contribution in [0.15, 0.2) is 11.4 Å². The maximum atomic E-state index is 3.46. The fourth-order valence-electron chi connectivity index (χ4n) is 2.81. The molecule has 0 radical (unpaired) electrons. The lowest BCUT2D eigenvalue weighted by molar-refractivity contribution is 0.162. The normalized spacial score (nSPS) is 23.8. The third-order valence-electron chi connectivity index (χ3n) is 4.05. The summed E-state index contributed by atoms with van der Waals surface area (Å²) in [5.74, 6) is 1.01. The van der Waals surface area contributed by atoms with Gasteiger partial charge in [-0.3, -0.25) is 4.90 Å². The molecule has 0 bridgehead atoms. The quantitative estimate of drug-likeness (QED) is 0.884. The first-order chi connectivity index (χ1) is 8.34. The molecule has 0 aromatic carbocycles. The van der Waals surface area contributed by atoms with E-state index in [-0.39, 0.29) is 0 Å².